The van der Waals surface area contributed by atoms with Crippen molar-refractivity contribution in [1.82, 2.24) is 4.90 Å². The minimum absolute atomic E-state index is 0.178. The number of likely N-dealkylation sites (tertiary alicyclic amines) is 1. The molecule has 20 heavy (non-hydrogen) atoms. The summed E-state index contributed by atoms with van der Waals surface area (Å²) in [5.74, 6) is 1.31. The van der Waals surface area contributed by atoms with Gasteiger partial charge in [-0.3, -0.25) is 0 Å². The van der Waals surface area contributed by atoms with E-state index in [4.69, 9.17) is 10.5 Å². The molecule has 1 heterocycles. The topological polar surface area (TPSA) is 55.6 Å². The van der Waals surface area contributed by atoms with Crippen LogP contribution in [0, 0.1) is 11.8 Å². The predicted octanol–water partition coefficient (Wildman–Crippen LogP) is 3.40. The molecule has 1 aliphatic rings. The first kappa shape index (κ1) is 17.3. The molecule has 1 saturated heterocycles. The highest BCUT2D eigenvalue weighted by atomic mass is 16.6. The third-order valence-electron chi connectivity index (χ3n) is 3.68. The Morgan fingerprint density at radius 2 is 1.85 bits per heavy atom. The molecule has 1 atom stereocenters. The van der Waals surface area contributed by atoms with Gasteiger partial charge in [-0.15, -0.1) is 0 Å². The first-order valence-corrected chi connectivity index (χ1v) is 7.91. The van der Waals surface area contributed by atoms with Gasteiger partial charge in [0.15, 0.2) is 0 Å². The fourth-order valence-corrected chi connectivity index (χ4v) is 2.81. The van der Waals surface area contributed by atoms with E-state index in [1.165, 1.54) is 0 Å². The Hall–Kier alpha value is -0.770. The van der Waals surface area contributed by atoms with E-state index in [1.54, 1.807) is 0 Å². The molecule has 118 valence electrons. The summed E-state index contributed by atoms with van der Waals surface area (Å²) in [4.78, 5) is 13.8. The first-order valence-electron chi connectivity index (χ1n) is 7.91. The number of rotatable bonds is 4. The van der Waals surface area contributed by atoms with Crippen molar-refractivity contribution in [2.45, 2.75) is 71.9 Å². The van der Waals surface area contributed by atoms with Crippen LogP contribution >= 0.6 is 0 Å². The highest BCUT2D eigenvalue weighted by Gasteiger charge is 2.27. The average Bonchev–Trinajstić information content (AvgIpc) is 2.26. The van der Waals surface area contributed by atoms with E-state index in [1.807, 2.05) is 25.7 Å². The number of nitrogens with zero attached hydrogens (tertiary/aromatic N) is 1. The number of piperidine rings is 1. The van der Waals surface area contributed by atoms with Crippen molar-refractivity contribution < 1.29 is 9.53 Å². The largest absolute Gasteiger partial charge is 0.444 e. The van der Waals surface area contributed by atoms with Crippen molar-refractivity contribution in [3.63, 3.8) is 0 Å². The third-order valence-corrected chi connectivity index (χ3v) is 3.68. The second-order valence-corrected chi connectivity index (χ2v) is 7.54. The number of nitrogens with two attached hydrogens (primary N) is 1. The Labute approximate surface area is 124 Å². The molecule has 0 aromatic heterocycles. The van der Waals surface area contributed by atoms with Gasteiger partial charge in [-0.25, -0.2) is 4.79 Å². The second-order valence-electron chi connectivity index (χ2n) is 7.54. The lowest BCUT2D eigenvalue weighted by Crippen LogP contribution is -2.42. The highest BCUT2D eigenvalue weighted by Crippen LogP contribution is 2.24. The van der Waals surface area contributed by atoms with Crippen LogP contribution in [0.1, 0.15) is 60.3 Å². The molecule has 4 nitrogen and oxygen atoms in total. The summed E-state index contributed by atoms with van der Waals surface area (Å²) in [6, 6.07) is 0.299. The molecule has 0 aromatic carbocycles. The van der Waals surface area contributed by atoms with Gasteiger partial charge < -0.3 is 15.4 Å². The number of amides is 1. The van der Waals surface area contributed by atoms with Gasteiger partial charge in [0, 0.05) is 19.1 Å². The molecule has 1 amide bonds. The number of carbonyl (C=O) groups is 1. The van der Waals surface area contributed by atoms with Crippen molar-refractivity contribution in [2.75, 3.05) is 13.1 Å². The quantitative estimate of drug-likeness (QED) is 0.861. The standard InChI is InChI=1S/C16H32N2O2/c1-12(2)10-14(17)11-13-6-8-18(9-7-13)15(19)20-16(3,4)5/h12-14H,6-11,17H2,1-5H3. The summed E-state index contributed by atoms with van der Waals surface area (Å²) in [5, 5.41) is 0. The number of ether oxygens (including phenoxy) is 1. The van der Waals surface area contributed by atoms with Crippen LogP contribution in [0.25, 0.3) is 0 Å². The van der Waals surface area contributed by atoms with Gasteiger partial charge in [0.2, 0.25) is 0 Å². The van der Waals surface area contributed by atoms with E-state index in [0.717, 1.165) is 38.8 Å². The average molecular weight is 284 g/mol. The molecule has 0 bridgehead atoms. The summed E-state index contributed by atoms with van der Waals surface area (Å²) < 4.78 is 5.41. The molecule has 1 fully saturated rings. The first-order chi connectivity index (χ1) is 9.17. The van der Waals surface area contributed by atoms with E-state index < -0.39 is 5.60 Å². The SMILES string of the molecule is CC(C)CC(N)CC1CCN(C(=O)OC(C)(C)C)CC1. The molecule has 1 unspecified atom stereocenters. The van der Waals surface area contributed by atoms with Gasteiger partial charge in [-0.1, -0.05) is 13.8 Å². The van der Waals surface area contributed by atoms with Crippen LogP contribution in [0.5, 0.6) is 0 Å². The van der Waals surface area contributed by atoms with Gasteiger partial charge >= 0.3 is 6.09 Å². The van der Waals surface area contributed by atoms with Gasteiger partial charge in [-0.05, 0) is 58.3 Å². The summed E-state index contributed by atoms with van der Waals surface area (Å²) in [5.41, 5.74) is 5.77. The molecule has 0 aliphatic carbocycles. The van der Waals surface area contributed by atoms with E-state index >= 15 is 0 Å². The molecule has 2 N–H and O–H groups in total. The van der Waals surface area contributed by atoms with Crippen LogP contribution in [0.2, 0.25) is 0 Å². The number of carbonyl (C=O) groups excluding carboxylic acids is 1. The Balaban J connectivity index is 2.31. The lowest BCUT2D eigenvalue weighted by Gasteiger charge is -2.34. The summed E-state index contributed by atoms with van der Waals surface area (Å²) in [6.45, 7) is 11.7. The van der Waals surface area contributed by atoms with Gasteiger partial charge in [-0.2, -0.15) is 0 Å². The Bertz CT molecular complexity index is 302. The smallest absolute Gasteiger partial charge is 0.410 e. The fourth-order valence-electron chi connectivity index (χ4n) is 2.81. The second kappa shape index (κ2) is 7.30. The zero-order valence-corrected chi connectivity index (χ0v) is 13.8. The molecule has 0 aromatic rings. The van der Waals surface area contributed by atoms with Gasteiger partial charge in [0.25, 0.3) is 0 Å². The third kappa shape index (κ3) is 6.60. The van der Waals surface area contributed by atoms with Crippen LogP contribution in [0.4, 0.5) is 4.79 Å². The van der Waals surface area contributed by atoms with Crippen LogP contribution in [-0.4, -0.2) is 35.7 Å². The normalized spacial score (nSPS) is 19.2. The molecular formula is C16H32N2O2. The minimum atomic E-state index is -0.409. The van der Waals surface area contributed by atoms with Crippen molar-refractivity contribution in [3.05, 3.63) is 0 Å². The van der Waals surface area contributed by atoms with E-state index in [0.29, 0.717) is 17.9 Å². The maximum atomic E-state index is 12.0. The van der Waals surface area contributed by atoms with Gasteiger partial charge in [0.05, 0.1) is 0 Å². The van der Waals surface area contributed by atoms with Crippen molar-refractivity contribution in [1.29, 1.82) is 0 Å². The summed E-state index contributed by atoms with van der Waals surface area (Å²) in [7, 11) is 0. The lowest BCUT2D eigenvalue weighted by atomic mass is 9.88. The molecule has 1 rings (SSSR count). The zero-order valence-electron chi connectivity index (χ0n) is 13.8. The predicted molar refractivity (Wildman–Crippen MR) is 82.6 cm³/mol. The van der Waals surface area contributed by atoms with Crippen LogP contribution in [0.3, 0.4) is 0 Å². The van der Waals surface area contributed by atoms with Gasteiger partial charge in [0.1, 0.15) is 5.60 Å². The maximum absolute atomic E-state index is 12.0. The number of hydrogen-bond donors (Lipinski definition) is 1. The fraction of sp³-hybridized carbons (Fsp3) is 0.938. The van der Waals surface area contributed by atoms with E-state index in [2.05, 4.69) is 13.8 Å². The molecule has 1 aliphatic heterocycles. The van der Waals surface area contributed by atoms with Crippen LogP contribution in [-0.2, 0) is 4.74 Å². The zero-order chi connectivity index (χ0) is 15.3. The Morgan fingerprint density at radius 3 is 2.30 bits per heavy atom. The molecule has 0 radical (unpaired) electrons. The van der Waals surface area contributed by atoms with Crippen LogP contribution in [0.15, 0.2) is 0 Å². The number of hydrogen-bond acceptors (Lipinski definition) is 3. The Morgan fingerprint density at radius 1 is 1.30 bits per heavy atom. The molecular weight excluding hydrogens is 252 g/mol. The maximum Gasteiger partial charge on any atom is 0.410 e. The van der Waals surface area contributed by atoms with Crippen molar-refractivity contribution in [3.8, 4) is 0 Å². The molecule has 4 heteroatoms. The summed E-state index contributed by atoms with van der Waals surface area (Å²) >= 11 is 0. The van der Waals surface area contributed by atoms with Crippen molar-refractivity contribution in [2.24, 2.45) is 17.6 Å². The van der Waals surface area contributed by atoms with E-state index in [-0.39, 0.29) is 6.09 Å². The lowest BCUT2D eigenvalue weighted by molar-refractivity contribution is 0.0179. The highest BCUT2D eigenvalue weighted by molar-refractivity contribution is 5.68. The molecule has 0 saturated carbocycles. The van der Waals surface area contributed by atoms with Crippen molar-refractivity contribution >= 4 is 6.09 Å². The summed E-state index contributed by atoms with van der Waals surface area (Å²) in [6.07, 6.45) is 4.09. The Kier molecular flexibility index (Phi) is 6.31. The van der Waals surface area contributed by atoms with Crippen LogP contribution < -0.4 is 5.73 Å². The van der Waals surface area contributed by atoms with E-state index in [9.17, 15) is 4.79 Å². The minimum Gasteiger partial charge on any atom is -0.444 e. The molecule has 0 spiro atoms. The monoisotopic (exact) mass is 284 g/mol.